The molecule has 0 bridgehead atoms. The van der Waals surface area contributed by atoms with Gasteiger partial charge in [0.05, 0.1) is 19.6 Å². The minimum absolute atomic E-state index is 0.0967. The van der Waals surface area contributed by atoms with Crippen LogP contribution >= 0.6 is 0 Å². The molecule has 2 N–H and O–H groups in total. The van der Waals surface area contributed by atoms with E-state index in [0.29, 0.717) is 5.82 Å². The Hall–Kier alpha value is -2.02. The van der Waals surface area contributed by atoms with E-state index in [4.69, 9.17) is 10.2 Å². The van der Waals surface area contributed by atoms with Crippen molar-refractivity contribution in [1.82, 2.24) is 14.9 Å². The monoisotopic (exact) mass is 225 g/mol. The van der Waals surface area contributed by atoms with Gasteiger partial charge in [-0.3, -0.25) is 14.5 Å². The van der Waals surface area contributed by atoms with E-state index in [0.717, 1.165) is 0 Å². The van der Waals surface area contributed by atoms with Crippen LogP contribution < -0.4 is 0 Å². The molecule has 0 fully saturated rings. The van der Waals surface area contributed by atoms with Crippen LogP contribution in [0.1, 0.15) is 5.82 Å². The van der Waals surface area contributed by atoms with Crippen molar-refractivity contribution in [3.8, 4) is 0 Å². The second-order valence-corrected chi connectivity index (χ2v) is 3.10. The minimum atomic E-state index is -1.09. The topological polar surface area (TPSA) is 104 Å². The van der Waals surface area contributed by atoms with E-state index in [1.807, 2.05) is 0 Å². The second kappa shape index (κ2) is 5.76. The average molecular weight is 225 g/mol. The number of rotatable bonds is 6. The summed E-state index contributed by atoms with van der Waals surface area (Å²) in [5.74, 6) is -1.78. The first-order valence-corrected chi connectivity index (χ1v) is 4.50. The lowest BCUT2D eigenvalue weighted by atomic mass is 10.4. The fourth-order valence-corrected chi connectivity index (χ4v) is 1.16. The van der Waals surface area contributed by atoms with Gasteiger partial charge in [0.2, 0.25) is 0 Å². The van der Waals surface area contributed by atoms with Gasteiger partial charge in [0.15, 0.2) is 0 Å². The molecule has 0 aliphatic heterocycles. The Bertz CT molecular complexity index is 352. The third-order valence-electron chi connectivity index (χ3n) is 1.70. The molecule has 0 atom stereocenters. The van der Waals surface area contributed by atoms with Crippen LogP contribution in [0.25, 0.3) is 0 Å². The first-order valence-electron chi connectivity index (χ1n) is 4.50. The van der Waals surface area contributed by atoms with E-state index in [9.17, 15) is 9.59 Å². The molecule has 1 heterocycles. The zero-order valence-corrected chi connectivity index (χ0v) is 8.41. The average Bonchev–Trinajstić information content (AvgIpc) is 2.16. The summed E-state index contributed by atoms with van der Waals surface area (Å²) >= 11 is 0. The molecule has 0 spiro atoms. The van der Waals surface area contributed by atoms with Gasteiger partial charge in [-0.2, -0.15) is 0 Å². The summed E-state index contributed by atoms with van der Waals surface area (Å²) in [5, 5.41) is 17.2. The summed E-state index contributed by atoms with van der Waals surface area (Å²) in [4.78, 5) is 30.0. The summed E-state index contributed by atoms with van der Waals surface area (Å²) in [6.07, 6.45) is 3.03. The zero-order chi connectivity index (χ0) is 12.0. The quantitative estimate of drug-likeness (QED) is 0.669. The second-order valence-electron chi connectivity index (χ2n) is 3.10. The first kappa shape index (κ1) is 12.1. The first-order chi connectivity index (χ1) is 7.58. The largest absolute Gasteiger partial charge is 0.480 e. The van der Waals surface area contributed by atoms with E-state index < -0.39 is 11.9 Å². The molecule has 1 aromatic heterocycles. The van der Waals surface area contributed by atoms with Gasteiger partial charge in [-0.25, -0.2) is 9.97 Å². The van der Waals surface area contributed by atoms with Crippen LogP contribution in [0.4, 0.5) is 0 Å². The van der Waals surface area contributed by atoms with Gasteiger partial charge in [0.25, 0.3) is 0 Å². The number of hydrogen-bond acceptors (Lipinski definition) is 5. The smallest absolute Gasteiger partial charge is 0.317 e. The van der Waals surface area contributed by atoms with Gasteiger partial charge < -0.3 is 10.2 Å². The standard InChI is InChI=1S/C9H11N3O4/c13-8(14)5-12(6-9(15)16)4-7-10-2-1-3-11-7/h1-3H,4-6H2,(H,13,14)(H,15,16). The Morgan fingerprint density at radius 1 is 1.12 bits per heavy atom. The van der Waals surface area contributed by atoms with Crippen LogP contribution in [0.15, 0.2) is 18.5 Å². The molecule has 86 valence electrons. The highest BCUT2D eigenvalue weighted by Gasteiger charge is 2.14. The molecule has 0 amide bonds. The molecular weight excluding hydrogens is 214 g/mol. The fourth-order valence-electron chi connectivity index (χ4n) is 1.16. The van der Waals surface area contributed by atoms with Crippen LogP contribution in [-0.4, -0.2) is 50.1 Å². The number of nitrogens with zero attached hydrogens (tertiary/aromatic N) is 3. The molecule has 0 saturated carbocycles. The Morgan fingerprint density at radius 3 is 2.06 bits per heavy atom. The lowest BCUT2D eigenvalue weighted by Gasteiger charge is -2.16. The molecule has 0 unspecified atom stereocenters. The van der Waals surface area contributed by atoms with Crippen molar-refractivity contribution in [3.05, 3.63) is 24.3 Å². The minimum Gasteiger partial charge on any atom is -0.480 e. The van der Waals surface area contributed by atoms with Crippen molar-refractivity contribution in [2.24, 2.45) is 0 Å². The predicted octanol–water partition coefficient (Wildman–Crippen LogP) is -0.552. The third-order valence-corrected chi connectivity index (χ3v) is 1.70. The van der Waals surface area contributed by atoms with Crippen molar-refractivity contribution >= 4 is 11.9 Å². The Labute approximate surface area is 91.4 Å². The van der Waals surface area contributed by atoms with Crippen molar-refractivity contribution in [2.75, 3.05) is 13.1 Å². The van der Waals surface area contributed by atoms with Crippen molar-refractivity contribution in [1.29, 1.82) is 0 Å². The fraction of sp³-hybridized carbons (Fsp3) is 0.333. The molecule has 1 aromatic rings. The van der Waals surface area contributed by atoms with Crippen molar-refractivity contribution in [3.63, 3.8) is 0 Å². The van der Waals surface area contributed by atoms with E-state index in [1.54, 1.807) is 6.07 Å². The molecule has 7 heteroatoms. The van der Waals surface area contributed by atoms with Crippen molar-refractivity contribution in [2.45, 2.75) is 6.54 Å². The molecular formula is C9H11N3O4. The van der Waals surface area contributed by atoms with E-state index >= 15 is 0 Å². The van der Waals surface area contributed by atoms with E-state index in [2.05, 4.69) is 9.97 Å². The number of carbonyl (C=O) groups is 2. The number of aliphatic carboxylic acids is 2. The normalized spacial score (nSPS) is 10.3. The molecule has 0 aromatic carbocycles. The molecule has 0 aliphatic carbocycles. The SMILES string of the molecule is O=C(O)CN(CC(=O)O)Cc1ncccn1. The lowest BCUT2D eigenvalue weighted by molar-refractivity contribution is -0.142. The van der Waals surface area contributed by atoms with Gasteiger partial charge in [-0.15, -0.1) is 0 Å². The Kier molecular flexibility index (Phi) is 4.34. The number of carboxylic acids is 2. The van der Waals surface area contributed by atoms with Gasteiger partial charge in [0, 0.05) is 12.4 Å². The highest BCUT2D eigenvalue weighted by Crippen LogP contribution is 1.97. The molecule has 7 nitrogen and oxygen atoms in total. The number of aromatic nitrogens is 2. The lowest BCUT2D eigenvalue weighted by Crippen LogP contribution is -2.34. The van der Waals surface area contributed by atoms with Gasteiger partial charge >= 0.3 is 11.9 Å². The number of carboxylic acid groups (broad SMARTS) is 2. The summed E-state index contributed by atoms with van der Waals surface area (Å²) in [5.41, 5.74) is 0. The summed E-state index contributed by atoms with van der Waals surface area (Å²) in [6.45, 7) is -0.617. The molecule has 0 radical (unpaired) electrons. The van der Waals surface area contributed by atoms with E-state index in [-0.39, 0.29) is 19.6 Å². The zero-order valence-electron chi connectivity index (χ0n) is 8.41. The number of hydrogen-bond donors (Lipinski definition) is 2. The van der Waals surface area contributed by atoms with Crippen LogP contribution in [0.5, 0.6) is 0 Å². The maximum Gasteiger partial charge on any atom is 0.317 e. The Morgan fingerprint density at radius 2 is 1.62 bits per heavy atom. The molecule has 1 rings (SSSR count). The van der Waals surface area contributed by atoms with Gasteiger partial charge in [-0.05, 0) is 6.07 Å². The summed E-state index contributed by atoms with van der Waals surface area (Å²) in [6, 6.07) is 1.63. The molecule has 0 aliphatic rings. The highest BCUT2D eigenvalue weighted by molar-refractivity contribution is 5.72. The van der Waals surface area contributed by atoms with Gasteiger partial charge in [0.1, 0.15) is 5.82 Å². The maximum absolute atomic E-state index is 10.5. The third kappa shape index (κ3) is 4.47. The highest BCUT2D eigenvalue weighted by atomic mass is 16.4. The maximum atomic E-state index is 10.5. The van der Waals surface area contributed by atoms with Crippen LogP contribution in [0.2, 0.25) is 0 Å². The Balaban J connectivity index is 2.63. The summed E-state index contributed by atoms with van der Waals surface area (Å²) in [7, 11) is 0. The van der Waals surface area contributed by atoms with E-state index in [1.165, 1.54) is 17.3 Å². The predicted molar refractivity (Wildman–Crippen MR) is 52.6 cm³/mol. The van der Waals surface area contributed by atoms with Crippen LogP contribution in [0.3, 0.4) is 0 Å². The van der Waals surface area contributed by atoms with Crippen LogP contribution in [0, 0.1) is 0 Å². The van der Waals surface area contributed by atoms with Gasteiger partial charge in [-0.1, -0.05) is 0 Å². The van der Waals surface area contributed by atoms with Crippen LogP contribution in [-0.2, 0) is 16.1 Å². The molecule has 16 heavy (non-hydrogen) atoms. The van der Waals surface area contributed by atoms with Crippen molar-refractivity contribution < 1.29 is 19.8 Å². The molecule has 0 saturated heterocycles. The summed E-state index contributed by atoms with van der Waals surface area (Å²) < 4.78 is 0.